The molecule has 1 saturated heterocycles. The van der Waals surface area contributed by atoms with Crippen LogP contribution in [0.3, 0.4) is 0 Å². The SMILES string of the molecule is COc1cc2c(C)c(-c3ccc(CC(=O)N4CCCOCC4)cc3)c(=O)oc2c(C=O)c1O. The molecule has 8 heteroatoms. The molecule has 172 valence electrons. The Balaban J connectivity index is 1.67. The lowest BCUT2D eigenvalue weighted by molar-refractivity contribution is -0.130. The molecule has 0 bridgehead atoms. The molecule has 1 amide bonds. The molecule has 1 aliphatic rings. The molecule has 0 aliphatic carbocycles. The van der Waals surface area contributed by atoms with Crippen molar-refractivity contribution in [2.75, 3.05) is 33.4 Å². The van der Waals surface area contributed by atoms with E-state index in [1.807, 2.05) is 17.0 Å². The molecule has 2 aromatic carbocycles. The maximum Gasteiger partial charge on any atom is 0.344 e. The Morgan fingerprint density at radius 1 is 1.21 bits per heavy atom. The summed E-state index contributed by atoms with van der Waals surface area (Å²) < 4.78 is 16.0. The molecular weight excluding hydrogens is 426 g/mol. The lowest BCUT2D eigenvalue weighted by atomic mass is 9.96. The van der Waals surface area contributed by atoms with Gasteiger partial charge in [-0.25, -0.2) is 4.79 Å². The summed E-state index contributed by atoms with van der Waals surface area (Å²) in [5.74, 6) is -0.219. The normalized spacial score (nSPS) is 14.2. The van der Waals surface area contributed by atoms with Crippen molar-refractivity contribution in [2.24, 2.45) is 0 Å². The Kier molecular flexibility index (Phi) is 6.46. The van der Waals surface area contributed by atoms with Crippen molar-refractivity contribution < 1.29 is 28.6 Å². The predicted octanol–water partition coefficient (Wildman–Crippen LogP) is 3.09. The van der Waals surface area contributed by atoms with Gasteiger partial charge in [0.05, 0.1) is 25.7 Å². The lowest BCUT2D eigenvalue weighted by Crippen LogP contribution is -2.34. The van der Waals surface area contributed by atoms with Gasteiger partial charge in [-0.2, -0.15) is 0 Å². The van der Waals surface area contributed by atoms with Gasteiger partial charge in [-0.1, -0.05) is 24.3 Å². The van der Waals surface area contributed by atoms with Crippen LogP contribution in [0.15, 0.2) is 39.5 Å². The minimum Gasteiger partial charge on any atom is -0.504 e. The first-order valence-corrected chi connectivity index (χ1v) is 10.7. The van der Waals surface area contributed by atoms with E-state index in [2.05, 4.69) is 0 Å². The van der Waals surface area contributed by atoms with E-state index in [1.165, 1.54) is 13.2 Å². The molecule has 8 nitrogen and oxygen atoms in total. The first-order chi connectivity index (χ1) is 15.9. The number of phenolic OH excluding ortho intramolecular Hbond substituents is 1. The molecule has 0 spiro atoms. The lowest BCUT2D eigenvalue weighted by Gasteiger charge is -2.19. The molecule has 1 N–H and O–H groups in total. The van der Waals surface area contributed by atoms with Gasteiger partial charge in [0.25, 0.3) is 0 Å². The van der Waals surface area contributed by atoms with Crippen LogP contribution >= 0.6 is 0 Å². The summed E-state index contributed by atoms with van der Waals surface area (Å²) in [6.07, 6.45) is 1.53. The van der Waals surface area contributed by atoms with Crippen LogP contribution in [0.25, 0.3) is 22.1 Å². The molecule has 0 radical (unpaired) electrons. The Morgan fingerprint density at radius 3 is 2.67 bits per heavy atom. The van der Waals surface area contributed by atoms with Gasteiger partial charge >= 0.3 is 5.63 Å². The minimum absolute atomic E-state index is 0.0122. The number of carbonyl (C=O) groups excluding carboxylic acids is 2. The number of amides is 1. The van der Waals surface area contributed by atoms with Crippen molar-refractivity contribution >= 4 is 23.2 Å². The van der Waals surface area contributed by atoms with Gasteiger partial charge < -0.3 is 23.9 Å². The molecule has 4 rings (SSSR count). The molecule has 0 saturated carbocycles. The molecular formula is C25H25NO7. The zero-order valence-corrected chi connectivity index (χ0v) is 18.6. The maximum atomic E-state index is 12.8. The third-order valence-electron chi connectivity index (χ3n) is 5.94. The van der Waals surface area contributed by atoms with Crippen molar-refractivity contribution in [1.82, 2.24) is 4.90 Å². The van der Waals surface area contributed by atoms with Gasteiger partial charge in [-0.05, 0) is 36.1 Å². The second-order valence-corrected chi connectivity index (χ2v) is 7.95. The minimum atomic E-state index is -0.624. The highest BCUT2D eigenvalue weighted by Gasteiger charge is 2.21. The van der Waals surface area contributed by atoms with E-state index in [-0.39, 0.29) is 35.0 Å². The quantitative estimate of drug-likeness (QED) is 0.469. The number of phenols is 1. The molecule has 1 aromatic heterocycles. The second-order valence-electron chi connectivity index (χ2n) is 7.95. The highest BCUT2D eigenvalue weighted by Crippen LogP contribution is 2.38. The molecule has 0 atom stereocenters. The fraction of sp³-hybridized carbons (Fsp3) is 0.320. The molecule has 1 aliphatic heterocycles. The number of hydrogen-bond donors (Lipinski definition) is 1. The first-order valence-electron chi connectivity index (χ1n) is 10.7. The fourth-order valence-electron chi connectivity index (χ4n) is 4.14. The number of aryl methyl sites for hydroxylation is 1. The third kappa shape index (κ3) is 4.34. The number of methoxy groups -OCH3 is 1. The highest BCUT2D eigenvalue weighted by molar-refractivity contribution is 6.01. The van der Waals surface area contributed by atoms with E-state index in [9.17, 15) is 19.5 Å². The van der Waals surface area contributed by atoms with E-state index in [0.29, 0.717) is 54.7 Å². The van der Waals surface area contributed by atoms with E-state index >= 15 is 0 Å². The summed E-state index contributed by atoms with van der Waals surface area (Å²) in [5, 5.41) is 10.7. The van der Waals surface area contributed by atoms with E-state index in [1.54, 1.807) is 19.1 Å². The zero-order valence-electron chi connectivity index (χ0n) is 18.6. The number of fused-ring (bicyclic) bond motifs is 1. The topological polar surface area (TPSA) is 106 Å². The van der Waals surface area contributed by atoms with Gasteiger partial charge in [0, 0.05) is 25.1 Å². The van der Waals surface area contributed by atoms with Crippen LogP contribution in [0, 0.1) is 6.92 Å². The standard InChI is InChI=1S/C25H25NO7/c1-15-18-13-20(31-2)23(29)19(14-27)24(18)33-25(30)22(15)17-6-4-16(5-7-17)12-21(28)26-8-3-10-32-11-9-26/h4-7,13-14,29H,3,8-12H2,1-2H3. The molecule has 2 heterocycles. The average molecular weight is 451 g/mol. The van der Waals surface area contributed by atoms with E-state index in [4.69, 9.17) is 13.9 Å². The first kappa shape index (κ1) is 22.5. The van der Waals surface area contributed by atoms with E-state index < -0.39 is 5.63 Å². The Labute approximate surface area is 190 Å². The highest BCUT2D eigenvalue weighted by atomic mass is 16.5. The molecule has 1 fully saturated rings. The van der Waals surface area contributed by atoms with Crippen molar-refractivity contribution in [1.29, 1.82) is 0 Å². The molecule has 0 unspecified atom stereocenters. The summed E-state index contributed by atoms with van der Waals surface area (Å²) in [5.41, 5.74) is 1.66. The van der Waals surface area contributed by atoms with Gasteiger partial charge in [0.2, 0.25) is 5.91 Å². The van der Waals surface area contributed by atoms with Crippen LogP contribution in [0.5, 0.6) is 11.5 Å². The van der Waals surface area contributed by atoms with Crippen LogP contribution in [0.4, 0.5) is 0 Å². The number of rotatable bonds is 5. The van der Waals surface area contributed by atoms with Crippen LogP contribution < -0.4 is 10.4 Å². The number of carbonyl (C=O) groups is 2. The van der Waals surface area contributed by atoms with Crippen molar-refractivity contribution in [2.45, 2.75) is 19.8 Å². The van der Waals surface area contributed by atoms with Gasteiger partial charge in [-0.3, -0.25) is 9.59 Å². The van der Waals surface area contributed by atoms with Crippen molar-refractivity contribution in [3.05, 3.63) is 57.4 Å². The summed E-state index contributed by atoms with van der Waals surface area (Å²) in [6, 6.07) is 8.73. The predicted molar refractivity (Wildman–Crippen MR) is 122 cm³/mol. The smallest absolute Gasteiger partial charge is 0.344 e. The van der Waals surface area contributed by atoms with Crippen molar-refractivity contribution in [3.63, 3.8) is 0 Å². The zero-order chi connectivity index (χ0) is 23.5. The second kappa shape index (κ2) is 9.46. The summed E-state index contributed by atoms with van der Waals surface area (Å²) in [7, 11) is 1.38. The summed E-state index contributed by atoms with van der Waals surface area (Å²) in [4.78, 5) is 38.8. The van der Waals surface area contributed by atoms with E-state index in [0.717, 1.165) is 12.0 Å². The van der Waals surface area contributed by atoms with Crippen LogP contribution in [-0.2, 0) is 16.0 Å². The van der Waals surface area contributed by atoms with Crippen LogP contribution in [0.1, 0.15) is 27.9 Å². The number of aldehydes is 1. The number of benzene rings is 2. The third-order valence-corrected chi connectivity index (χ3v) is 5.94. The van der Waals surface area contributed by atoms with Gasteiger partial charge in [-0.15, -0.1) is 0 Å². The Bertz CT molecular complexity index is 1250. The number of nitrogens with zero attached hydrogens (tertiary/aromatic N) is 1. The number of ether oxygens (including phenoxy) is 2. The maximum absolute atomic E-state index is 12.8. The van der Waals surface area contributed by atoms with Crippen LogP contribution in [-0.4, -0.2) is 55.6 Å². The number of aromatic hydroxyl groups is 1. The van der Waals surface area contributed by atoms with Crippen LogP contribution in [0.2, 0.25) is 0 Å². The monoisotopic (exact) mass is 451 g/mol. The van der Waals surface area contributed by atoms with Gasteiger partial charge in [0.15, 0.2) is 23.4 Å². The largest absolute Gasteiger partial charge is 0.504 e. The average Bonchev–Trinajstić information content (AvgIpc) is 3.10. The summed E-state index contributed by atoms with van der Waals surface area (Å²) >= 11 is 0. The fourth-order valence-corrected chi connectivity index (χ4v) is 4.14. The Hall–Kier alpha value is -3.65. The Morgan fingerprint density at radius 2 is 1.97 bits per heavy atom. The summed E-state index contributed by atoms with van der Waals surface area (Å²) in [6.45, 7) is 4.26. The number of hydrogen-bond acceptors (Lipinski definition) is 7. The van der Waals surface area contributed by atoms with Gasteiger partial charge in [0.1, 0.15) is 5.56 Å². The molecule has 33 heavy (non-hydrogen) atoms. The molecule has 3 aromatic rings. The van der Waals surface area contributed by atoms with Crippen molar-refractivity contribution in [3.8, 4) is 22.6 Å².